The van der Waals surface area contributed by atoms with Crippen molar-refractivity contribution in [2.24, 2.45) is 5.92 Å². The van der Waals surface area contributed by atoms with Crippen molar-refractivity contribution in [3.63, 3.8) is 0 Å². The van der Waals surface area contributed by atoms with Crippen LogP contribution in [0.5, 0.6) is 0 Å². The highest BCUT2D eigenvalue weighted by atomic mass is 14.8. The minimum Gasteiger partial charge on any atom is -0.316 e. The van der Waals surface area contributed by atoms with Gasteiger partial charge in [-0.25, -0.2) is 0 Å². The largest absolute Gasteiger partial charge is 0.316 e. The van der Waals surface area contributed by atoms with E-state index in [-0.39, 0.29) is 0 Å². The van der Waals surface area contributed by atoms with E-state index in [0.717, 1.165) is 31.8 Å². The molecule has 108 valence electrons. The first-order valence-electron chi connectivity index (χ1n) is 7.98. The average molecular weight is 261 g/mol. The maximum atomic E-state index is 3.51. The average Bonchev–Trinajstić information content (AvgIpc) is 2.42. The molecule has 0 saturated carbocycles. The van der Waals surface area contributed by atoms with Gasteiger partial charge in [0, 0.05) is 0 Å². The molecule has 0 bridgehead atoms. The molecule has 1 rings (SSSR count). The Morgan fingerprint density at radius 3 is 2.37 bits per heavy atom. The van der Waals surface area contributed by atoms with Gasteiger partial charge >= 0.3 is 0 Å². The van der Waals surface area contributed by atoms with Crippen LogP contribution in [0.15, 0.2) is 18.2 Å². The van der Waals surface area contributed by atoms with Gasteiger partial charge in [-0.15, -0.1) is 0 Å². The fraction of sp³-hybridized carbons (Fsp3) is 0.667. The molecule has 1 N–H and O–H groups in total. The summed E-state index contributed by atoms with van der Waals surface area (Å²) in [6.07, 6.45) is 6.11. The highest BCUT2D eigenvalue weighted by molar-refractivity contribution is 5.32. The molecular weight excluding hydrogens is 230 g/mol. The van der Waals surface area contributed by atoms with Gasteiger partial charge in [-0.05, 0) is 67.8 Å². The van der Waals surface area contributed by atoms with Crippen molar-refractivity contribution < 1.29 is 0 Å². The SMILES string of the molecule is CCc1ccc(CCCCNCC(C)C)cc1CC. The van der Waals surface area contributed by atoms with Crippen LogP contribution in [0.2, 0.25) is 0 Å². The van der Waals surface area contributed by atoms with Gasteiger partial charge in [-0.1, -0.05) is 45.9 Å². The third-order valence-corrected chi connectivity index (χ3v) is 3.65. The molecule has 1 nitrogen and oxygen atoms in total. The lowest BCUT2D eigenvalue weighted by atomic mass is 9.98. The molecule has 0 aliphatic heterocycles. The predicted octanol–water partition coefficient (Wildman–Crippen LogP) is 4.38. The Labute approximate surface area is 119 Å². The van der Waals surface area contributed by atoms with Gasteiger partial charge in [0.25, 0.3) is 0 Å². The van der Waals surface area contributed by atoms with Crippen molar-refractivity contribution in [3.8, 4) is 0 Å². The van der Waals surface area contributed by atoms with Gasteiger partial charge in [0.2, 0.25) is 0 Å². The van der Waals surface area contributed by atoms with Gasteiger partial charge in [-0.3, -0.25) is 0 Å². The lowest BCUT2D eigenvalue weighted by Crippen LogP contribution is -2.20. The van der Waals surface area contributed by atoms with Crippen LogP contribution in [0.25, 0.3) is 0 Å². The molecule has 0 unspecified atom stereocenters. The van der Waals surface area contributed by atoms with Crippen LogP contribution in [0.3, 0.4) is 0 Å². The van der Waals surface area contributed by atoms with Crippen molar-refractivity contribution in [3.05, 3.63) is 34.9 Å². The quantitative estimate of drug-likeness (QED) is 0.650. The Balaban J connectivity index is 2.29. The smallest absolute Gasteiger partial charge is 0.00258 e. The molecule has 1 aromatic rings. The Hall–Kier alpha value is -0.820. The lowest BCUT2D eigenvalue weighted by molar-refractivity contribution is 0.535. The van der Waals surface area contributed by atoms with Crippen LogP contribution in [0.4, 0.5) is 0 Å². The molecule has 0 aliphatic rings. The monoisotopic (exact) mass is 261 g/mol. The van der Waals surface area contributed by atoms with Crippen LogP contribution in [-0.2, 0) is 19.3 Å². The summed E-state index contributed by atoms with van der Waals surface area (Å²) in [4.78, 5) is 0. The van der Waals surface area contributed by atoms with E-state index >= 15 is 0 Å². The number of nitrogens with one attached hydrogen (secondary N) is 1. The molecular formula is C18H31N. The topological polar surface area (TPSA) is 12.0 Å². The third-order valence-electron chi connectivity index (χ3n) is 3.65. The summed E-state index contributed by atoms with van der Waals surface area (Å²) in [6, 6.07) is 7.06. The Morgan fingerprint density at radius 2 is 1.74 bits per heavy atom. The molecule has 0 radical (unpaired) electrons. The molecule has 0 amide bonds. The summed E-state index contributed by atoms with van der Waals surface area (Å²) in [7, 11) is 0. The summed E-state index contributed by atoms with van der Waals surface area (Å²) in [5.74, 6) is 0.758. The van der Waals surface area contributed by atoms with E-state index in [1.807, 2.05) is 0 Å². The second kappa shape index (κ2) is 9.14. The van der Waals surface area contributed by atoms with Crippen LogP contribution in [0, 0.1) is 5.92 Å². The molecule has 0 atom stereocenters. The molecule has 1 heteroatoms. The van der Waals surface area contributed by atoms with E-state index in [1.165, 1.54) is 36.0 Å². The lowest BCUT2D eigenvalue weighted by Gasteiger charge is -2.10. The van der Waals surface area contributed by atoms with E-state index < -0.39 is 0 Å². The Kier molecular flexibility index (Phi) is 7.81. The number of benzene rings is 1. The number of hydrogen-bond acceptors (Lipinski definition) is 1. The maximum Gasteiger partial charge on any atom is -0.00258 e. The molecule has 0 aliphatic carbocycles. The van der Waals surface area contributed by atoms with E-state index in [9.17, 15) is 0 Å². The molecule has 0 spiro atoms. The first kappa shape index (κ1) is 16.2. The summed E-state index contributed by atoms with van der Waals surface area (Å²) in [6.45, 7) is 11.3. The minimum atomic E-state index is 0.758. The number of aryl methyl sites for hydroxylation is 3. The van der Waals surface area contributed by atoms with Crippen molar-refractivity contribution in [2.75, 3.05) is 13.1 Å². The van der Waals surface area contributed by atoms with E-state index in [4.69, 9.17) is 0 Å². The highest BCUT2D eigenvalue weighted by Crippen LogP contribution is 2.15. The molecule has 0 saturated heterocycles. The van der Waals surface area contributed by atoms with Crippen LogP contribution in [0.1, 0.15) is 57.2 Å². The third kappa shape index (κ3) is 6.24. The fourth-order valence-electron chi connectivity index (χ4n) is 2.48. The Morgan fingerprint density at radius 1 is 1.00 bits per heavy atom. The second-order valence-electron chi connectivity index (χ2n) is 5.87. The number of rotatable bonds is 9. The summed E-state index contributed by atoms with van der Waals surface area (Å²) >= 11 is 0. The van der Waals surface area contributed by atoms with E-state index in [1.54, 1.807) is 0 Å². The van der Waals surface area contributed by atoms with Crippen molar-refractivity contribution in [1.82, 2.24) is 5.32 Å². The van der Waals surface area contributed by atoms with E-state index in [0.29, 0.717) is 0 Å². The zero-order chi connectivity index (χ0) is 14.1. The van der Waals surface area contributed by atoms with Crippen molar-refractivity contribution in [1.29, 1.82) is 0 Å². The van der Waals surface area contributed by atoms with Gasteiger partial charge in [0.05, 0.1) is 0 Å². The van der Waals surface area contributed by atoms with E-state index in [2.05, 4.69) is 51.2 Å². The first-order valence-corrected chi connectivity index (χ1v) is 7.98. The van der Waals surface area contributed by atoms with Crippen LogP contribution < -0.4 is 5.32 Å². The molecule has 0 fully saturated rings. The van der Waals surface area contributed by atoms with Gasteiger partial charge in [0.1, 0.15) is 0 Å². The summed E-state index contributed by atoms with van der Waals surface area (Å²) < 4.78 is 0. The van der Waals surface area contributed by atoms with Crippen molar-refractivity contribution in [2.45, 2.75) is 59.8 Å². The minimum absolute atomic E-state index is 0.758. The van der Waals surface area contributed by atoms with Crippen molar-refractivity contribution >= 4 is 0 Å². The zero-order valence-corrected chi connectivity index (χ0v) is 13.3. The standard InChI is InChI=1S/C18H31N/c1-5-17-11-10-16(13-18(17)6-2)9-7-8-12-19-14-15(3)4/h10-11,13,15,19H,5-9,12,14H2,1-4H3. The Bertz CT molecular complexity index is 355. The van der Waals surface area contributed by atoms with Gasteiger partial charge < -0.3 is 5.32 Å². The summed E-state index contributed by atoms with van der Waals surface area (Å²) in [5.41, 5.74) is 4.57. The molecule has 1 aromatic carbocycles. The van der Waals surface area contributed by atoms with Crippen LogP contribution >= 0.6 is 0 Å². The number of unbranched alkanes of at least 4 members (excludes halogenated alkanes) is 1. The molecule has 19 heavy (non-hydrogen) atoms. The zero-order valence-electron chi connectivity index (χ0n) is 13.3. The highest BCUT2D eigenvalue weighted by Gasteiger charge is 2.01. The number of hydrogen-bond donors (Lipinski definition) is 1. The second-order valence-corrected chi connectivity index (χ2v) is 5.87. The maximum absolute atomic E-state index is 3.51. The normalized spacial score (nSPS) is 11.2. The molecule has 0 heterocycles. The van der Waals surface area contributed by atoms with Crippen LogP contribution in [-0.4, -0.2) is 13.1 Å². The predicted molar refractivity (Wildman–Crippen MR) is 85.8 cm³/mol. The molecule has 0 aromatic heterocycles. The van der Waals surface area contributed by atoms with Gasteiger partial charge in [0.15, 0.2) is 0 Å². The first-order chi connectivity index (χ1) is 9.17. The van der Waals surface area contributed by atoms with Gasteiger partial charge in [-0.2, -0.15) is 0 Å². The summed E-state index contributed by atoms with van der Waals surface area (Å²) in [5, 5.41) is 3.51. The fourth-order valence-corrected chi connectivity index (χ4v) is 2.48.